The molecule has 0 aliphatic carbocycles. The van der Waals surface area contributed by atoms with Gasteiger partial charge in [-0.2, -0.15) is 10.4 Å². The number of halogens is 2. The van der Waals surface area contributed by atoms with Gasteiger partial charge >= 0.3 is 0 Å². The molecule has 1 N–H and O–H groups in total. The Balaban J connectivity index is 2.00. The molecule has 1 aromatic heterocycles. The van der Waals surface area contributed by atoms with Crippen molar-refractivity contribution in [3.8, 4) is 6.07 Å². The third kappa shape index (κ3) is 3.00. The normalized spacial score (nSPS) is 11.5. The number of hydrogen-bond donors (Lipinski definition) is 1. The van der Waals surface area contributed by atoms with Gasteiger partial charge in [0, 0.05) is 12.1 Å². The van der Waals surface area contributed by atoms with E-state index in [1.807, 2.05) is 35.9 Å². The van der Waals surface area contributed by atoms with E-state index in [9.17, 15) is 5.26 Å². The number of hydrogen-bond acceptors (Lipinski definition) is 4. The molecule has 0 aliphatic rings. The van der Waals surface area contributed by atoms with E-state index in [2.05, 4.69) is 21.6 Å². The summed E-state index contributed by atoms with van der Waals surface area (Å²) in [4.78, 5) is 4.45. The number of hydrazone groups is 1. The number of benzene rings is 2. The molecule has 0 saturated heterocycles. The second-order valence-corrected chi connectivity index (χ2v) is 5.63. The van der Waals surface area contributed by atoms with Crippen LogP contribution in [0.3, 0.4) is 0 Å². The average Bonchev–Trinajstić information content (AvgIpc) is 2.89. The summed E-state index contributed by atoms with van der Waals surface area (Å²) in [5.74, 6) is 0.472. The first-order valence-corrected chi connectivity index (χ1v) is 7.46. The third-order valence-electron chi connectivity index (χ3n) is 3.32. The molecular formula is C16H11Cl2N5. The summed E-state index contributed by atoms with van der Waals surface area (Å²) < 4.78 is 1.82. The van der Waals surface area contributed by atoms with E-state index in [-0.39, 0.29) is 5.71 Å². The van der Waals surface area contributed by atoms with Crippen LogP contribution < -0.4 is 5.43 Å². The highest BCUT2D eigenvalue weighted by molar-refractivity contribution is 6.35. The molecule has 0 radical (unpaired) electrons. The van der Waals surface area contributed by atoms with Gasteiger partial charge in [0.25, 0.3) is 0 Å². The maximum absolute atomic E-state index is 9.40. The first-order valence-electron chi connectivity index (χ1n) is 6.71. The van der Waals surface area contributed by atoms with E-state index in [1.165, 1.54) is 0 Å². The Labute approximate surface area is 142 Å². The maximum atomic E-state index is 9.40. The van der Waals surface area contributed by atoms with Gasteiger partial charge < -0.3 is 4.57 Å². The molecule has 0 fully saturated rings. The van der Waals surface area contributed by atoms with Crippen LogP contribution in [-0.4, -0.2) is 15.3 Å². The Morgan fingerprint density at radius 1 is 1.26 bits per heavy atom. The minimum atomic E-state index is 0.153. The number of nitrogens with one attached hydrogen (secondary N) is 1. The van der Waals surface area contributed by atoms with Crippen molar-refractivity contribution >= 4 is 45.6 Å². The van der Waals surface area contributed by atoms with E-state index in [0.29, 0.717) is 21.6 Å². The molecule has 0 aliphatic heterocycles. The molecule has 23 heavy (non-hydrogen) atoms. The van der Waals surface area contributed by atoms with Crippen LogP contribution in [0.1, 0.15) is 5.82 Å². The van der Waals surface area contributed by atoms with Crippen molar-refractivity contribution in [3.05, 3.63) is 58.3 Å². The Kier molecular flexibility index (Phi) is 4.20. The van der Waals surface area contributed by atoms with Gasteiger partial charge in [0.1, 0.15) is 6.07 Å². The second-order valence-electron chi connectivity index (χ2n) is 4.79. The Morgan fingerprint density at radius 2 is 2.04 bits per heavy atom. The van der Waals surface area contributed by atoms with Crippen molar-refractivity contribution < 1.29 is 0 Å². The van der Waals surface area contributed by atoms with E-state index in [1.54, 1.807) is 18.2 Å². The first kappa shape index (κ1) is 15.3. The fourth-order valence-corrected chi connectivity index (χ4v) is 2.51. The van der Waals surface area contributed by atoms with Gasteiger partial charge in [0.2, 0.25) is 5.71 Å². The topological polar surface area (TPSA) is 66.0 Å². The smallest absolute Gasteiger partial charge is 0.203 e. The molecule has 1 heterocycles. The lowest BCUT2D eigenvalue weighted by Gasteiger charge is -2.05. The highest BCUT2D eigenvalue weighted by Gasteiger charge is 2.13. The number of aryl methyl sites for hydroxylation is 1. The van der Waals surface area contributed by atoms with E-state index >= 15 is 0 Å². The molecule has 114 valence electrons. The van der Waals surface area contributed by atoms with Crippen molar-refractivity contribution in [2.45, 2.75) is 0 Å². The minimum absolute atomic E-state index is 0.153. The zero-order valence-electron chi connectivity index (χ0n) is 12.1. The third-order valence-corrected chi connectivity index (χ3v) is 3.89. The molecule has 0 amide bonds. The van der Waals surface area contributed by atoms with Crippen molar-refractivity contribution in [1.82, 2.24) is 9.55 Å². The molecule has 5 nitrogen and oxygen atoms in total. The van der Waals surface area contributed by atoms with Gasteiger partial charge in [0.15, 0.2) is 5.82 Å². The highest BCUT2D eigenvalue weighted by Crippen LogP contribution is 2.25. The average molecular weight is 344 g/mol. The van der Waals surface area contributed by atoms with Crippen LogP contribution in [0, 0.1) is 11.3 Å². The van der Waals surface area contributed by atoms with Crippen LogP contribution >= 0.6 is 23.2 Å². The number of imidazole rings is 1. The van der Waals surface area contributed by atoms with Crippen LogP contribution in [0.4, 0.5) is 5.69 Å². The van der Waals surface area contributed by atoms with Crippen LogP contribution in [0.2, 0.25) is 10.0 Å². The maximum Gasteiger partial charge on any atom is 0.203 e. The lowest BCUT2D eigenvalue weighted by Crippen LogP contribution is -2.09. The lowest BCUT2D eigenvalue weighted by atomic mass is 10.3. The van der Waals surface area contributed by atoms with E-state index < -0.39 is 0 Å². The fourth-order valence-electron chi connectivity index (χ4n) is 2.18. The summed E-state index contributed by atoms with van der Waals surface area (Å²) in [7, 11) is 1.84. The zero-order chi connectivity index (χ0) is 16.4. The molecule has 0 atom stereocenters. The summed E-state index contributed by atoms with van der Waals surface area (Å²) >= 11 is 12.0. The number of aromatic nitrogens is 2. The number of nitriles is 1. The van der Waals surface area contributed by atoms with Crippen molar-refractivity contribution in [1.29, 1.82) is 5.26 Å². The standard InChI is InChI=1S/C16H11Cl2N5/c1-23-15-5-3-2-4-12(15)20-16(23)14(9-19)22-21-13-8-10(17)6-7-11(13)18/h2-8,21H,1H3/b22-14-. The monoisotopic (exact) mass is 343 g/mol. The van der Waals surface area contributed by atoms with Crippen LogP contribution in [-0.2, 0) is 7.05 Å². The summed E-state index contributed by atoms with van der Waals surface area (Å²) in [5.41, 5.74) is 5.16. The molecule has 3 rings (SSSR count). The Hall–Kier alpha value is -2.55. The summed E-state index contributed by atoms with van der Waals surface area (Å²) in [6, 6.07) is 14.6. The molecular weight excluding hydrogens is 333 g/mol. The predicted molar refractivity (Wildman–Crippen MR) is 92.9 cm³/mol. The molecule has 0 spiro atoms. The van der Waals surface area contributed by atoms with Gasteiger partial charge in [-0.1, -0.05) is 35.3 Å². The van der Waals surface area contributed by atoms with E-state index in [4.69, 9.17) is 23.2 Å². The SMILES string of the molecule is Cn1c(/C(C#N)=N\Nc2cc(Cl)ccc2Cl)nc2ccccc21. The molecule has 2 aromatic carbocycles. The molecule has 0 unspecified atom stereocenters. The van der Waals surface area contributed by atoms with Crippen LogP contribution in [0.5, 0.6) is 0 Å². The number of anilines is 1. The van der Waals surface area contributed by atoms with Gasteiger partial charge in [0.05, 0.1) is 21.7 Å². The van der Waals surface area contributed by atoms with Crippen molar-refractivity contribution in [2.24, 2.45) is 12.1 Å². The summed E-state index contributed by atoms with van der Waals surface area (Å²) in [6.45, 7) is 0. The lowest BCUT2D eigenvalue weighted by molar-refractivity contribution is 0.930. The molecule has 3 aromatic rings. The number of para-hydroxylation sites is 2. The van der Waals surface area contributed by atoms with Gasteiger partial charge in [-0.3, -0.25) is 5.43 Å². The quantitative estimate of drug-likeness (QED) is 0.571. The molecule has 7 heteroatoms. The number of nitrogens with zero attached hydrogens (tertiary/aromatic N) is 4. The second kappa shape index (κ2) is 6.29. The van der Waals surface area contributed by atoms with Crippen molar-refractivity contribution in [2.75, 3.05) is 5.43 Å². The highest BCUT2D eigenvalue weighted by atomic mass is 35.5. The van der Waals surface area contributed by atoms with E-state index in [0.717, 1.165) is 11.0 Å². The fraction of sp³-hybridized carbons (Fsp3) is 0.0625. The number of fused-ring (bicyclic) bond motifs is 1. The zero-order valence-corrected chi connectivity index (χ0v) is 13.6. The van der Waals surface area contributed by atoms with Crippen LogP contribution in [0.15, 0.2) is 47.6 Å². The van der Waals surface area contributed by atoms with Gasteiger partial charge in [-0.05, 0) is 30.3 Å². The Bertz CT molecular complexity index is 953. The summed E-state index contributed by atoms with van der Waals surface area (Å²) in [6.07, 6.45) is 0. The molecule has 0 bridgehead atoms. The Morgan fingerprint density at radius 3 is 2.78 bits per heavy atom. The summed E-state index contributed by atoms with van der Waals surface area (Å²) in [5, 5.41) is 14.5. The minimum Gasteiger partial charge on any atom is -0.325 e. The largest absolute Gasteiger partial charge is 0.325 e. The van der Waals surface area contributed by atoms with Gasteiger partial charge in [-0.15, -0.1) is 0 Å². The number of rotatable bonds is 3. The first-order chi connectivity index (χ1) is 11.1. The predicted octanol–water partition coefficient (Wildman–Crippen LogP) is 4.22. The molecule has 0 saturated carbocycles. The van der Waals surface area contributed by atoms with Crippen molar-refractivity contribution in [3.63, 3.8) is 0 Å². The van der Waals surface area contributed by atoms with Gasteiger partial charge in [-0.25, -0.2) is 4.98 Å². The van der Waals surface area contributed by atoms with Crippen LogP contribution in [0.25, 0.3) is 11.0 Å².